The molecule has 0 saturated carbocycles. The quantitative estimate of drug-likeness (QED) is 0.531. The molecule has 3 heterocycles. The minimum atomic E-state index is -4.64. The minimum Gasteiger partial charge on any atom is -0.339 e. The Bertz CT molecular complexity index is 1080. The van der Waals surface area contributed by atoms with Crippen molar-refractivity contribution in [3.05, 3.63) is 69.4 Å². The maximum absolute atomic E-state index is 14.1. The Balaban J connectivity index is 1.44. The highest BCUT2D eigenvalue weighted by atomic mass is 32.1. The highest BCUT2D eigenvalue weighted by Gasteiger charge is 2.33. The van der Waals surface area contributed by atoms with Crippen LogP contribution in [-0.2, 0) is 12.7 Å². The molecule has 1 amide bonds. The first-order valence-electron chi connectivity index (χ1n) is 9.80. The zero-order valence-electron chi connectivity index (χ0n) is 16.7. The number of piperidine rings is 1. The van der Waals surface area contributed by atoms with Gasteiger partial charge in [0.15, 0.2) is 0 Å². The number of imidazole rings is 1. The molecule has 0 atom stereocenters. The van der Waals surface area contributed by atoms with E-state index in [2.05, 4.69) is 9.97 Å². The van der Waals surface area contributed by atoms with Gasteiger partial charge in [0.1, 0.15) is 11.6 Å². The largest absolute Gasteiger partial charge is 0.416 e. The molecule has 2 aromatic heterocycles. The molecule has 1 saturated heterocycles. The number of hydrogen-bond donors (Lipinski definition) is 0. The third kappa shape index (κ3) is 4.63. The van der Waals surface area contributed by atoms with Crippen LogP contribution in [0, 0.1) is 12.7 Å². The average molecular weight is 452 g/mol. The van der Waals surface area contributed by atoms with Crippen LogP contribution in [0.4, 0.5) is 17.6 Å². The van der Waals surface area contributed by atoms with Gasteiger partial charge < -0.3 is 9.47 Å². The van der Waals surface area contributed by atoms with E-state index in [1.54, 1.807) is 17.5 Å². The van der Waals surface area contributed by atoms with Crippen molar-refractivity contribution in [1.29, 1.82) is 0 Å². The molecule has 31 heavy (non-hydrogen) atoms. The number of aromatic nitrogens is 3. The van der Waals surface area contributed by atoms with Gasteiger partial charge in [-0.25, -0.2) is 14.4 Å². The van der Waals surface area contributed by atoms with Crippen LogP contribution in [0.2, 0.25) is 0 Å². The van der Waals surface area contributed by atoms with Crippen LogP contribution in [0.3, 0.4) is 0 Å². The van der Waals surface area contributed by atoms with Crippen molar-refractivity contribution < 1.29 is 22.4 Å². The summed E-state index contributed by atoms with van der Waals surface area (Å²) in [5, 5.41) is 2.99. The summed E-state index contributed by atoms with van der Waals surface area (Å²) < 4.78 is 55.0. The number of aryl methyl sites for hydroxylation is 1. The van der Waals surface area contributed by atoms with Crippen LogP contribution in [0.5, 0.6) is 0 Å². The van der Waals surface area contributed by atoms with Gasteiger partial charge in [-0.3, -0.25) is 4.79 Å². The summed E-state index contributed by atoms with van der Waals surface area (Å²) in [6.45, 7) is 3.20. The standard InChI is InChI=1S/C21H20F4N4OS/c1-13-27-16(12-31-13)11-29-9-6-26-19(29)14-4-7-28(8-5-14)20(30)17-10-15(21(23,24)25)2-3-18(17)22/h2-3,6,9-10,12,14H,4-5,7-8,11H2,1H3. The SMILES string of the molecule is Cc1nc(Cn2ccnc2C2CCN(C(=O)c3cc(C(F)(F)F)ccc3F)CC2)cs1. The summed E-state index contributed by atoms with van der Waals surface area (Å²) in [7, 11) is 0. The summed E-state index contributed by atoms with van der Waals surface area (Å²) in [4.78, 5) is 23.1. The third-order valence-electron chi connectivity index (χ3n) is 5.42. The van der Waals surface area contributed by atoms with Crippen LogP contribution in [0.25, 0.3) is 0 Å². The monoisotopic (exact) mass is 452 g/mol. The van der Waals surface area contributed by atoms with Crippen molar-refractivity contribution in [2.24, 2.45) is 0 Å². The van der Waals surface area contributed by atoms with Crippen LogP contribution < -0.4 is 0 Å². The minimum absolute atomic E-state index is 0.102. The van der Waals surface area contributed by atoms with Crippen molar-refractivity contribution in [1.82, 2.24) is 19.4 Å². The molecule has 1 fully saturated rings. The van der Waals surface area contributed by atoms with Crippen LogP contribution in [0.1, 0.15) is 51.2 Å². The van der Waals surface area contributed by atoms with Gasteiger partial charge in [-0.2, -0.15) is 13.2 Å². The van der Waals surface area contributed by atoms with E-state index in [9.17, 15) is 22.4 Å². The van der Waals surface area contributed by atoms with Crippen molar-refractivity contribution >= 4 is 17.2 Å². The fourth-order valence-electron chi connectivity index (χ4n) is 3.85. The topological polar surface area (TPSA) is 51.0 Å². The zero-order valence-corrected chi connectivity index (χ0v) is 17.5. The maximum atomic E-state index is 14.1. The summed E-state index contributed by atoms with van der Waals surface area (Å²) >= 11 is 1.58. The van der Waals surface area contributed by atoms with E-state index >= 15 is 0 Å². The highest BCUT2D eigenvalue weighted by molar-refractivity contribution is 7.09. The number of halogens is 4. The molecule has 0 unspecified atom stereocenters. The van der Waals surface area contributed by atoms with Crippen LogP contribution in [0.15, 0.2) is 36.0 Å². The van der Waals surface area contributed by atoms with Crippen molar-refractivity contribution in [2.45, 2.75) is 38.4 Å². The predicted molar refractivity (Wildman–Crippen MR) is 107 cm³/mol. The lowest BCUT2D eigenvalue weighted by Crippen LogP contribution is -2.39. The molecule has 5 nitrogen and oxygen atoms in total. The Morgan fingerprint density at radius 1 is 1.26 bits per heavy atom. The zero-order chi connectivity index (χ0) is 22.2. The molecule has 10 heteroatoms. The first kappa shape index (κ1) is 21.5. The Morgan fingerprint density at radius 3 is 2.65 bits per heavy atom. The Morgan fingerprint density at radius 2 is 2.00 bits per heavy atom. The van der Waals surface area contributed by atoms with Gasteiger partial charge in [-0.05, 0) is 38.0 Å². The van der Waals surface area contributed by atoms with Gasteiger partial charge in [-0.15, -0.1) is 11.3 Å². The van der Waals surface area contributed by atoms with E-state index in [-0.39, 0.29) is 5.92 Å². The lowest BCUT2D eigenvalue weighted by molar-refractivity contribution is -0.137. The molecule has 0 radical (unpaired) electrons. The lowest BCUT2D eigenvalue weighted by Gasteiger charge is -2.32. The van der Waals surface area contributed by atoms with Gasteiger partial charge in [0.25, 0.3) is 5.91 Å². The number of likely N-dealkylation sites (tertiary alicyclic amines) is 1. The highest BCUT2D eigenvalue weighted by Crippen LogP contribution is 2.32. The van der Waals surface area contributed by atoms with Gasteiger partial charge in [0, 0.05) is 36.8 Å². The van der Waals surface area contributed by atoms with E-state index in [1.807, 2.05) is 23.1 Å². The molecule has 0 aliphatic carbocycles. The molecule has 4 rings (SSSR count). The third-order valence-corrected chi connectivity index (χ3v) is 6.24. The van der Waals surface area contributed by atoms with E-state index in [0.29, 0.717) is 50.7 Å². The fraction of sp³-hybridized carbons (Fsp3) is 0.381. The number of rotatable bonds is 4. The molecule has 1 aliphatic heterocycles. The normalized spacial score (nSPS) is 15.5. The van der Waals surface area contributed by atoms with Crippen molar-refractivity contribution in [3.8, 4) is 0 Å². The predicted octanol–water partition coefficient (Wildman–Crippen LogP) is 4.87. The van der Waals surface area contributed by atoms with Crippen molar-refractivity contribution in [3.63, 3.8) is 0 Å². The molecular formula is C21H20F4N4OS. The van der Waals surface area contributed by atoms with Gasteiger partial charge in [0.2, 0.25) is 0 Å². The molecule has 3 aromatic rings. The second-order valence-corrected chi connectivity index (χ2v) is 8.59. The number of thiazole rings is 1. The Hall–Kier alpha value is -2.75. The van der Waals surface area contributed by atoms with Crippen molar-refractivity contribution in [2.75, 3.05) is 13.1 Å². The smallest absolute Gasteiger partial charge is 0.339 e. The van der Waals surface area contributed by atoms with Gasteiger partial charge >= 0.3 is 6.18 Å². The number of nitrogens with zero attached hydrogens (tertiary/aromatic N) is 4. The maximum Gasteiger partial charge on any atom is 0.416 e. The molecule has 0 N–H and O–H groups in total. The first-order chi connectivity index (χ1) is 14.7. The van der Waals surface area contributed by atoms with E-state index in [4.69, 9.17) is 0 Å². The summed E-state index contributed by atoms with van der Waals surface area (Å²) in [6.07, 6.45) is 0.172. The van der Waals surface area contributed by atoms with Gasteiger partial charge in [0.05, 0.1) is 28.4 Å². The fourth-order valence-corrected chi connectivity index (χ4v) is 4.45. The number of carbonyl (C=O) groups is 1. The van der Waals surface area contributed by atoms with E-state index in [0.717, 1.165) is 16.5 Å². The second kappa shape index (κ2) is 8.41. The second-order valence-electron chi connectivity index (χ2n) is 7.53. The molecule has 1 aliphatic rings. The molecule has 0 bridgehead atoms. The van der Waals surface area contributed by atoms with E-state index in [1.165, 1.54) is 4.90 Å². The number of amides is 1. The number of alkyl halides is 3. The molecule has 0 spiro atoms. The van der Waals surface area contributed by atoms with E-state index < -0.39 is 29.0 Å². The molecular weight excluding hydrogens is 432 g/mol. The molecule has 1 aromatic carbocycles. The number of benzene rings is 1. The average Bonchev–Trinajstić information content (AvgIpc) is 3.36. The summed E-state index contributed by atoms with van der Waals surface area (Å²) in [5.74, 6) is -0.675. The lowest BCUT2D eigenvalue weighted by atomic mass is 9.95. The van der Waals surface area contributed by atoms with Gasteiger partial charge in [-0.1, -0.05) is 0 Å². The molecule has 164 valence electrons. The first-order valence-corrected chi connectivity index (χ1v) is 10.7. The summed E-state index contributed by atoms with van der Waals surface area (Å²) in [6, 6.07) is 1.92. The van der Waals surface area contributed by atoms with Crippen LogP contribution in [-0.4, -0.2) is 38.4 Å². The van der Waals surface area contributed by atoms with Crippen LogP contribution >= 0.6 is 11.3 Å². The summed E-state index contributed by atoms with van der Waals surface area (Å²) in [5.41, 5.74) is -0.630. The Kier molecular flexibility index (Phi) is 5.83. The number of carbonyl (C=O) groups excluding carboxylic acids is 1. The number of hydrogen-bond acceptors (Lipinski definition) is 4. The Labute approximate surface area is 180 Å².